The molecule has 1 saturated carbocycles. The summed E-state index contributed by atoms with van der Waals surface area (Å²) in [6.45, 7) is 9.76. The second kappa shape index (κ2) is 2.97. The molecule has 0 radical (unpaired) electrons. The molecule has 2 aliphatic rings. The van der Waals surface area contributed by atoms with E-state index in [2.05, 4.69) is 27.7 Å². The standard InChI is InChI=1S/C12H21NO2/c1-11(2)10(12(11,3)4)13-6-8(7-14)5-9(13)15/h8,10,14H,5-7H2,1-4H3. The van der Waals surface area contributed by atoms with Crippen molar-refractivity contribution in [2.75, 3.05) is 13.2 Å². The number of aliphatic hydroxyl groups is 1. The Morgan fingerprint density at radius 1 is 1.33 bits per heavy atom. The number of aliphatic hydroxyl groups excluding tert-OH is 1. The number of carbonyl (C=O) groups is 1. The van der Waals surface area contributed by atoms with Gasteiger partial charge in [0.1, 0.15) is 0 Å². The van der Waals surface area contributed by atoms with E-state index in [4.69, 9.17) is 5.11 Å². The van der Waals surface area contributed by atoms with E-state index in [1.54, 1.807) is 0 Å². The SMILES string of the molecule is CC1(C)C(N2CC(CO)CC2=O)C1(C)C. The number of likely N-dealkylation sites (tertiary alicyclic amines) is 1. The molecule has 3 nitrogen and oxygen atoms in total. The van der Waals surface area contributed by atoms with Gasteiger partial charge in [0, 0.05) is 31.5 Å². The minimum absolute atomic E-state index is 0.135. The first-order valence-electron chi connectivity index (χ1n) is 5.72. The predicted molar refractivity (Wildman–Crippen MR) is 58.3 cm³/mol. The maximum Gasteiger partial charge on any atom is 0.223 e. The number of nitrogens with zero attached hydrogens (tertiary/aromatic N) is 1. The van der Waals surface area contributed by atoms with Crippen molar-refractivity contribution in [2.24, 2.45) is 16.7 Å². The van der Waals surface area contributed by atoms with Gasteiger partial charge in [0.25, 0.3) is 0 Å². The second-order valence-electron chi connectivity index (χ2n) is 6.14. The first-order chi connectivity index (χ1) is 6.82. The Bertz CT molecular complexity index is 282. The summed E-state index contributed by atoms with van der Waals surface area (Å²) in [6, 6.07) is 0.356. The number of carbonyl (C=O) groups excluding carboxylic acids is 1. The van der Waals surface area contributed by atoms with Crippen LogP contribution in [0.25, 0.3) is 0 Å². The fraction of sp³-hybridized carbons (Fsp3) is 0.917. The summed E-state index contributed by atoms with van der Waals surface area (Å²) in [6.07, 6.45) is 0.527. The van der Waals surface area contributed by atoms with Crippen molar-refractivity contribution in [1.29, 1.82) is 0 Å². The summed E-state index contributed by atoms with van der Waals surface area (Å²) in [4.78, 5) is 13.8. The van der Waals surface area contributed by atoms with Gasteiger partial charge < -0.3 is 10.0 Å². The highest BCUT2D eigenvalue weighted by Crippen LogP contribution is 2.65. The van der Waals surface area contributed by atoms with E-state index in [1.807, 2.05) is 4.90 Å². The molecule has 15 heavy (non-hydrogen) atoms. The Hall–Kier alpha value is -0.570. The zero-order chi connectivity index (χ0) is 11.4. The van der Waals surface area contributed by atoms with Crippen LogP contribution in [0.2, 0.25) is 0 Å². The van der Waals surface area contributed by atoms with Gasteiger partial charge in [0.05, 0.1) is 0 Å². The van der Waals surface area contributed by atoms with Crippen LogP contribution in [0.5, 0.6) is 0 Å². The van der Waals surface area contributed by atoms with Crippen molar-refractivity contribution in [1.82, 2.24) is 4.90 Å². The molecule has 1 amide bonds. The average molecular weight is 211 g/mol. The Labute approximate surface area is 91.5 Å². The highest BCUT2D eigenvalue weighted by molar-refractivity contribution is 5.79. The zero-order valence-electron chi connectivity index (χ0n) is 10.1. The van der Waals surface area contributed by atoms with E-state index in [0.29, 0.717) is 12.5 Å². The molecule has 1 aliphatic carbocycles. The van der Waals surface area contributed by atoms with Crippen molar-refractivity contribution >= 4 is 5.91 Å². The number of hydrogen-bond acceptors (Lipinski definition) is 2. The third-order valence-electron chi connectivity index (χ3n) is 4.75. The van der Waals surface area contributed by atoms with Crippen LogP contribution >= 0.6 is 0 Å². The molecule has 1 heterocycles. The van der Waals surface area contributed by atoms with Crippen molar-refractivity contribution in [3.8, 4) is 0 Å². The lowest BCUT2D eigenvalue weighted by Crippen LogP contribution is -2.31. The molecular formula is C12H21NO2. The molecule has 0 spiro atoms. The lowest BCUT2D eigenvalue weighted by atomic mass is 10.0. The number of amides is 1. The van der Waals surface area contributed by atoms with Crippen molar-refractivity contribution in [3.05, 3.63) is 0 Å². The Morgan fingerprint density at radius 2 is 1.87 bits per heavy atom. The molecule has 1 atom stereocenters. The average Bonchev–Trinajstić information content (AvgIpc) is 2.46. The Balaban J connectivity index is 2.12. The van der Waals surface area contributed by atoms with E-state index in [1.165, 1.54) is 0 Å². The fourth-order valence-corrected chi connectivity index (χ4v) is 3.12. The molecule has 3 heteroatoms. The van der Waals surface area contributed by atoms with E-state index in [-0.39, 0.29) is 29.3 Å². The van der Waals surface area contributed by atoms with Gasteiger partial charge in [-0.25, -0.2) is 0 Å². The summed E-state index contributed by atoms with van der Waals surface area (Å²) in [7, 11) is 0. The van der Waals surface area contributed by atoms with Crippen LogP contribution in [-0.4, -0.2) is 35.1 Å². The van der Waals surface area contributed by atoms with Gasteiger partial charge in [-0.2, -0.15) is 0 Å². The summed E-state index contributed by atoms with van der Waals surface area (Å²) in [5, 5.41) is 9.09. The highest BCUT2D eigenvalue weighted by atomic mass is 16.3. The summed E-state index contributed by atoms with van der Waals surface area (Å²) in [5.41, 5.74) is 0.431. The third kappa shape index (κ3) is 1.32. The lowest BCUT2D eigenvalue weighted by molar-refractivity contribution is -0.128. The lowest BCUT2D eigenvalue weighted by Gasteiger charge is -2.19. The van der Waals surface area contributed by atoms with E-state index < -0.39 is 0 Å². The maximum absolute atomic E-state index is 11.8. The van der Waals surface area contributed by atoms with Crippen LogP contribution < -0.4 is 0 Å². The molecule has 86 valence electrons. The highest BCUT2D eigenvalue weighted by Gasteiger charge is 2.68. The van der Waals surface area contributed by atoms with Gasteiger partial charge in [0.15, 0.2) is 0 Å². The summed E-state index contributed by atoms with van der Waals surface area (Å²) >= 11 is 0. The van der Waals surface area contributed by atoms with Crippen LogP contribution in [-0.2, 0) is 4.79 Å². The van der Waals surface area contributed by atoms with Crippen molar-refractivity contribution in [2.45, 2.75) is 40.2 Å². The first-order valence-corrected chi connectivity index (χ1v) is 5.72. The second-order valence-corrected chi connectivity index (χ2v) is 6.14. The van der Waals surface area contributed by atoms with Crippen LogP contribution in [0, 0.1) is 16.7 Å². The summed E-state index contributed by atoms with van der Waals surface area (Å²) in [5.74, 6) is 0.377. The smallest absolute Gasteiger partial charge is 0.223 e. The van der Waals surface area contributed by atoms with Crippen LogP contribution in [0.3, 0.4) is 0 Å². The third-order valence-corrected chi connectivity index (χ3v) is 4.75. The van der Waals surface area contributed by atoms with Gasteiger partial charge in [-0.3, -0.25) is 4.79 Å². The van der Waals surface area contributed by atoms with Gasteiger partial charge in [-0.15, -0.1) is 0 Å². The molecule has 0 aromatic heterocycles. The molecule has 2 fully saturated rings. The molecule has 0 aromatic carbocycles. The molecule has 0 aromatic rings. The van der Waals surface area contributed by atoms with Gasteiger partial charge in [0.2, 0.25) is 5.91 Å². The molecule has 1 unspecified atom stereocenters. The molecule has 1 N–H and O–H groups in total. The number of hydrogen-bond donors (Lipinski definition) is 1. The van der Waals surface area contributed by atoms with Crippen LogP contribution in [0.15, 0.2) is 0 Å². The fourth-order valence-electron chi connectivity index (χ4n) is 3.12. The van der Waals surface area contributed by atoms with Gasteiger partial charge >= 0.3 is 0 Å². The zero-order valence-corrected chi connectivity index (χ0v) is 10.1. The summed E-state index contributed by atoms with van der Waals surface area (Å²) < 4.78 is 0. The normalized spacial score (nSPS) is 33.5. The minimum atomic E-state index is 0.135. The van der Waals surface area contributed by atoms with E-state index in [9.17, 15) is 4.79 Å². The quantitative estimate of drug-likeness (QED) is 0.747. The molecule has 0 bridgehead atoms. The van der Waals surface area contributed by atoms with Crippen LogP contribution in [0.4, 0.5) is 0 Å². The first kappa shape index (κ1) is 10.9. The number of rotatable bonds is 2. The topological polar surface area (TPSA) is 40.5 Å². The molecule has 2 rings (SSSR count). The molecule has 1 saturated heterocycles. The van der Waals surface area contributed by atoms with E-state index >= 15 is 0 Å². The van der Waals surface area contributed by atoms with Crippen molar-refractivity contribution in [3.63, 3.8) is 0 Å². The maximum atomic E-state index is 11.8. The molecule has 1 aliphatic heterocycles. The largest absolute Gasteiger partial charge is 0.396 e. The Kier molecular flexibility index (Phi) is 2.16. The van der Waals surface area contributed by atoms with Gasteiger partial charge in [-0.05, 0) is 10.8 Å². The Morgan fingerprint density at radius 3 is 2.20 bits per heavy atom. The minimum Gasteiger partial charge on any atom is -0.396 e. The molecular weight excluding hydrogens is 190 g/mol. The van der Waals surface area contributed by atoms with Gasteiger partial charge in [-0.1, -0.05) is 27.7 Å². The monoisotopic (exact) mass is 211 g/mol. The predicted octanol–water partition coefficient (Wildman–Crippen LogP) is 1.26. The van der Waals surface area contributed by atoms with E-state index in [0.717, 1.165) is 6.54 Å². The van der Waals surface area contributed by atoms with Crippen LogP contribution in [0.1, 0.15) is 34.1 Å². The van der Waals surface area contributed by atoms with Crippen molar-refractivity contribution < 1.29 is 9.90 Å².